The quantitative estimate of drug-likeness (QED) is 0.102. The lowest BCUT2D eigenvalue weighted by Gasteiger charge is -2.41. The number of nitrogens with one attached hydrogen (secondary N) is 1. The molecule has 0 bridgehead atoms. The van der Waals surface area contributed by atoms with Gasteiger partial charge in [0.25, 0.3) is 5.56 Å². The van der Waals surface area contributed by atoms with Crippen molar-refractivity contribution in [2.24, 2.45) is 0 Å². The van der Waals surface area contributed by atoms with Gasteiger partial charge in [-0.05, 0) is 0 Å². The molecule has 0 unspecified atom stereocenters. The summed E-state index contributed by atoms with van der Waals surface area (Å²) in [5, 5.41) is 45.6. The number of carboxylic acids is 1. The molecule has 2 heterocycles. The Hall–Kier alpha value is -2.23. The first-order chi connectivity index (χ1) is 17.3. The summed E-state index contributed by atoms with van der Waals surface area (Å²) < 4.78 is 47.0. The minimum absolute atomic E-state index is 0.479. The number of aromatic amines is 1. The number of carbonyl (C=O) groups is 2. The van der Waals surface area contributed by atoms with Crippen LogP contribution in [0.25, 0.3) is 0 Å². The molecule has 0 spiro atoms. The number of phosphoric ester groups is 2. The Morgan fingerprint density at radius 1 is 1.16 bits per heavy atom. The predicted molar refractivity (Wildman–Crippen MR) is 104 cm³/mol. The van der Waals surface area contributed by atoms with Gasteiger partial charge in [-0.3, -0.25) is 14.3 Å². The van der Waals surface area contributed by atoms with Gasteiger partial charge in [0.05, 0.1) is 22.3 Å². The zero-order valence-electron chi connectivity index (χ0n) is 18.3. The van der Waals surface area contributed by atoms with Crippen LogP contribution in [-0.2, 0) is 32.5 Å². The zero-order valence-corrected chi connectivity index (χ0v) is 20.1. The third-order valence-corrected chi connectivity index (χ3v) is 5.48. The van der Waals surface area contributed by atoms with Gasteiger partial charge >= 0.3 is 11.7 Å². The molecule has 1 fully saturated rings. The molecule has 23 heteroatoms. The fourth-order valence-corrected chi connectivity index (χ4v) is 3.92. The van der Waals surface area contributed by atoms with E-state index in [4.69, 9.17) is 20.1 Å². The van der Waals surface area contributed by atoms with Crippen molar-refractivity contribution < 1.29 is 82.0 Å². The molecular weight excluding hydrogens is 577 g/mol. The summed E-state index contributed by atoms with van der Waals surface area (Å²) in [5.41, 5.74) is -1.33. The number of alkyl halides is 1. The predicted octanol–water partition coefficient (Wildman–Crippen LogP) is -7.46. The molecule has 1 saturated heterocycles. The number of aldehydes is 1. The highest BCUT2D eigenvalue weighted by Gasteiger charge is 2.44. The van der Waals surface area contributed by atoms with Crippen molar-refractivity contribution in [2.75, 3.05) is 6.61 Å². The van der Waals surface area contributed by atoms with Crippen LogP contribution >= 0.6 is 15.6 Å². The Bertz CT molecular complexity index is 1160. The lowest BCUT2D eigenvalue weighted by atomic mass is 10.0. The van der Waals surface area contributed by atoms with Crippen LogP contribution in [0.5, 0.6) is 0 Å². The number of H-pyrrole nitrogens is 1. The van der Waals surface area contributed by atoms with E-state index in [1.807, 2.05) is 4.98 Å². The number of aliphatic hydroxyl groups excluding tert-OH is 4. The molecule has 1 aliphatic heterocycles. The normalized spacial score (nSPS) is 25.0. The molecule has 218 valence electrons. The molecule has 1 aliphatic rings. The van der Waals surface area contributed by atoms with Crippen LogP contribution in [0.15, 0.2) is 21.9 Å². The van der Waals surface area contributed by atoms with Crippen LogP contribution < -0.4 is 30.8 Å². The van der Waals surface area contributed by atoms with Gasteiger partial charge in [0, 0.05) is 12.3 Å². The maximum atomic E-state index is 13.2. The van der Waals surface area contributed by atoms with Crippen LogP contribution in [0.2, 0.25) is 0 Å². The number of aliphatic carboxylic acids is 1. The molecule has 38 heavy (non-hydrogen) atoms. The second-order valence-electron chi connectivity index (χ2n) is 7.14. The van der Waals surface area contributed by atoms with Gasteiger partial charge in [-0.2, -0.15) is 0 Å². The van der Waals surface area contributed by atoms with E-state index in [1.54, 1.807) is 0 Å². The lowest BCUT2D eigenvalue weighted by molar-refractivity contribution is -0.359. The number of hydrogen-bond acceptors (Lipinski definition) is 17. The summed E-state index contributed by atoms with van der Waals surface area (Å²) >= 11 is 0. The Kier molecular flexibility index (Phi) is 12.2. The largest absolute Gasteiger partial charge is 0.790 e. The van der Waals surface area contributed by atoms with E-state index in [0.717, 1.165) is 16.8 Å². The van der Waals surface area contributed by atoms with Gasteiger partial charge in [-0.25, -0.2) is 14.0 Å². The van der Waals surface area contributed by atoms with Gasteiger partial charge in [0.15, 0.2) is 24.8 Å². The molecule has 0 amide bonds. The average Bonchev–Trinajstić information content (AvgIpc) is 3.08. The molecule has 1 aromatic heterocycles. The number of phosphoric acid groups is 2. The van der Waals surface area contributed by atoms with Gasteiger partial charge in [-0.15, -0.1) is 0 Å². The average molecular weight is 596 g/mol. The van der Waals surface area contributed by atoms with Gasteiger partial charge < -0.3 is 72.8 Å². The first-order valence-corrected chi connectivity index (χ1v) is 12.6. The number of rotatable bonds is 11. The van der Waals surface area contributed by atoms with Crippen LogP contribution in [0.1, 0.15) is 6.23 Å². The monoisotopic (exact) mass is 596 g/mol. The van der Waals surface area contributed by atoms with Crippen LogP contribution in [0.3, 0.4) is 0 Å². The molecule has 0 radical (unpaired) electrons. The number of nitrogens with zero attached hydrogens (tertiary/aromatic N) is 1. The fourth-order valence-electron chi connectivity index (χ4n) is 2.85. The van der Waals surface area contributed by atoms with Crippen molar-refractivity contribution >= 4 is 27.9 Å². The van der Waals surface area contributed by atoms with E-state index in [1.165, 1.54) is 0 Å². The summed E-state index contributed by atoms with van der Waals surface area (Å²) in [5.74, 6) is -2.27. The third kappa shape index (κ3) is 9.82. The minimum atomic E-state index is -6.06. The minimum Gasteiger partial charge on any atom is -0.790 e. The number of hydrogen-bond donors (Lipinski definition) is 6. The summed E-state index contributed by atoms with van der Waals surface area (Å²) in [4.78, 5) is 86.6. The molecule has 2 rings (SSSR count). The lowest BCUT2D eigenvalue weighted by Crippen LogP contribution is -2.51. The van der Waals surface area contributed by atoms with Crippen LogP contribution in [-0.4, -0.2) is 96.7 Å². The van der Waals surface area contributed by atoms with E-state index < -0.39 is 94.8 Å². The summed E-state index contributed by atoms with van der Waals surface area (Å²) in [6.07, 6.45) is -16.3. The van der Waals surface area contributed by atoms with E-state index >= 15 is 0 Å². The maximum absolute atomic E-state index is 13.2. The van der Waals surface area contributed by atoms with E-state index in [9.17, 15) is 62.5 Å². The molecular formula is C15H19FN2O18P2-4. The molecule has 8 atom stereocenters. The van der Waals surface area contributed by atoms with Crippen molar-refractivity contribution in [3.8, 4) is 0 Å². The first kappa shape index (κ1) is 33.8. The molecule has 0 saturated carbocycles. The van der Waals surface area contributed by atoms with Crippen molar-refractivity contribution in [3.05, 3.63) is 33.1 Å². The Morgan fingerprint density at radius 2 is 1.68 bits per heavy atom. The Morgan fingerprint density at radius 3 is 2.08 bits per heavy atom. The Balaban J connectivity index is 0.000000386. The van der Waals surface area contributed by atoms with Crippen molar-refractivity contribution in [2.45, 2.75) is 49.0 Å². The third-order valence-electron chi connectivity index (χ3n) is 4.48. The maximum Gasteiger partial charge on any atom is 0.335 e. The summed E-state index contributed by atoms with van der Waals surface area (Å²) in [6, 6.07) is 1.09. The van der Waals surface area contributed by atoms with Crippen LogP contribution in [0.4, 0.5) is 4.39 Å². The smallest absolute Gasteiger partial charge is 0.335 e. The number of carboxylic acid groups (broad SMARTS) is 1. The van der Waals surface area contributed by atoms with Crippen molar-refractivity contribution in [3.63, 3.8) is 0 Å². The Labute approximate surface area is 208 Å². The fraction of sp³-hybridized carbons (Fsp3) is 0.600. The molecule has 1 aromatic rings. The van der Waals surface area contributed by atoms with E-state index in [-0.39, 0.29) is 0 Å². The summed E-state index contributed by atoms with van der Waals surface area (Å²) in [7, 11) is -12.1. The number of halogens is 1. The zero-order chi connectivity index (χ0) is 29.6. The second-order valence-corrected chi connectivity index (χ2v) is 9.35. The molecule has 0 aromatic carbocycles. The van der Waals surface area contributed by atoms with Crippen molar-refractivity contribution in [1.29, 1.82) is 0 Å². The highest BCUT2D eigenvalue weighted by Crippen LogP contribution is 2.37. The van der Waals surface area contributed by atoms with Gasteiger partial charge in [0.1, 0.15) is 30.5 Å². The van der Waals surface area contributed by atoms with Gasteiger partial charge in [0.2, 0.25) is 0 Å². The number of ether oxygens (including phenoxy) is 1. The number of aliphatic hydroxyl groups is 4. The standard InChI is InChI=1S/C9H12N2O6.C6H11FO12P2/c12-3-4-6(14)7(15)8(17-4)11-2-1-5(13)10-9(11)16;7-2(1-8)4(18-20(12,13)14)5(3(9)6(10)11)19-21(15,16)17/h1-2,4,6-8,12,14-15H,3H2,(H,10,13,16);1-5,9H,(H,10,11)(H2,12,13,14)(H2,15,16,17)/p-4/t4-,6-,7-,8-;2-,3-,4+,5+/m10/s1. The topological polar surface area (TPSA) is 344 Å². The molecule has 20 nitrogen and oxygen atoms in total. The van der Waals surface area contributed by atoms with Crippen LogP contribution in [0, 0.1) is 0 Å². The summed E-state index contributed by atoms with van der Waals surface area (Å²) in [6.45, 7) is -0.479. The SMILES string of the molecule is O=C[C@H](F)[C@@H](OP(=O)([O-])[O-])[C@H](OP(=O)([O-])[O-])[C@H](O)C(=O)O.O=c1ccn([C@@H]2O[C@H](CO)[C@@H](O)[C@H]2O)c(=O)[nH]1. The van der Waals surface area contributed by atoms with Crippen molar-refractivity contribution in [1.82, 2.24) is 9.55 Å². The van der Waals surface area contributed by atoms with E-state index in [0.29, 0.717) is 0 Å². The highest BCUT2D eigenvalue weighted by atomic mass is 31.2. The molecule has 0 aliphatic carbocycles. The number of carbonyl (C=O) groups excluding carboxylic acids is 1. The number of aromatic nitrogens is 2. The first-order valence-electron chi connectivity index (χ1n) is 9.68. The van der Waals surface area contributed by atoms with E-state index in [2.05, 4.69) is 9.05 Å². The second kappa shape index (κ2) is 13.7. The highest BCUT2D eigenvalue weighted by molar-refractivity contribution is 7.43. The van der Waals surface area contributed by atoms with Gasteiger partial charge in [-0.1, -0.05) is 0 Å². The molecule has 6 N–H and O–H groups in total.